The molecule has 7 heteroatoms. The van der Waals surface area contributed by atoms with Gasteiger partial charge in [0.15, 0.2) is 0 Å². The molecule has 0 radical (unpaired) electrons. The topological polar surface area (TPSA) is 67.4 Å². The molecule has 2 amide bonds. The van der Waals surface area contributed by atoms with Crippen molar-refractivity contribution in [2.24, 2.45) is 0 Å². The minimum Gasteiger partial charge on any atom is -0.434 e. The number of hydrogen-bond acceptors (Lipinski definition) is 3. The summed E-state index contributed by atoms with van der Waals surface area (Å²) in [5.74, 6) is -0.893. The van der Waals surface area contributed by atoms with Crippen LogP contribution in [0.15, 0.2) is 84.9 Å². The molecule has 0 saturated carbocycles. The van der Waals surface area contributed by atoms with Gasteiger partial charge in [-0.25, -0.2) is 0 Å². The molecule has 0 saturated heterocycles. The number of amides is 2. The molecule has 0 heterocycles. The largest absolute Gasteiger partial charge is 0.434 e. The molecule has 30 heavy (non-hydrogen) atoms. The van der Waals surface area contributed by atoms with Crippen LogP contribution in [-0.4, -0.2) is 18.4 Å². The molecule has 0 aliphatic rings. The van der Waals surface area contributed by atoms with Crippen LogP contribution in [0.1, 0.15) is 27.5 Å². The summed E-state index contributed by atoms with van der Waals surface area (Å²) < 4.78 is 29.7. The predicted molar refractivity (Wildman–Crippen MR) is 108 cm³/mol. The Hall–Kier alpha value is -3.74. The molecule has 154 valence electrons. The van der Waals surface area contributed by atoms with Crippen LogP contribution in [0.4, 0.5) is 8.78 Å². The van der Waals surface area contributed by atoms with Crippen molar-refractivity contribution in [3.05, 3.63) is 102 Å². The minimum absolute atomic E-state index is 0.0163. The Morgan fingerprint density at radius 1 is 0.833 bits per heavy atom. The van der Waals surface area contributed by atoms with Gasteiger partial charge in [-0.05, 0) is 23.8 Å². The number of carbonyl (C=O) groups excluding carboxylic acids is 2. The fraction of sp³-hybridized carbons (Fsp3) is 0.130. The summed E-state index contributed by atoms with van der Waals surface area (Å²) >= 11 is 0. The van der Waals surface area contributed by atoms with Crippen LogP contribution in [0.25, 0.3) is 0 Å². The van der Waals surface area contributed by atoms with Crippen molar-refractivity contribution in [1.82, 2.24) is 10.6 Å². The maximum Gasteiger partial charge on any atom is 0.387 e. The molecule has 3 aromatic rings. The highest BCUT2D eigenvalue weighted by molar-refractivity contribution is 5.97. The zero-order valence-corrected chi connectivity index (χ0v) is 15.9. The van der Waals surface area contributed by atoms with Crippen LogP contribution in [0.5, 0.6) is 5.75 Å². The number of para-hydroxylation sites is 1. The second-order valence-electron chi connectivity index (χ2n) is 6.39. The lowest BCUT2D eigenvalue weighted by molar-refractivity contribution is -0.123. The van der Waals surface area contributed by atoms with Gasteiger partial charge < -0.3 is 15.4 Å². The normalized spacial score (nSPS) is 11.6. The number of alkyl halides is 2. The van der Waals surface area contributed by atoms with Gasteiger partial charge in [-0.3, -0.25) is 9.59 Å². The smallest absolute Gasteiger partial charge is 0.387 e. The van der Waals surface area contributed by atoms with Gasteiger partial charge in [0.2, 0.25) is 5.91 Å². The third kappa shape index (κ3) is 5.64. The Labute approximate surface area is 172 Å². The zero-order chi connectivity index (χ0) is 21.3. The highest BCUT2D eigenvalue weighted by Gasteiger charge is 2.23. The highest BCUT2D eigenvalue weighted by atomic mass is 19.3. The van der Waals surface area contributed by atoms with E-state index in [9.17, 15) is 18.4 Å². The summed E-state index contributed by atoms with van der Waals surface area (Å²) in [5, 5.41) is 5.42. The number of carbonyl (C=O) groups is 2. The summed E-state index contributed by atoms with van der Waals surface area (Å²) in [4.78, 5) is 25.5. The first-order valence-electron chi connectivity index (χ1n) is 9.26. The molecule has 1 atom stereocenters. The Balaban J connectivity index is 1.76. The van der Waals surface area contributed by atoms with E-state index in [0.29, 0.717) is 16.7 Å². The molecule has 0 fully saturated rings. The van der Waals surface area contributed by atoms with Gasteiger partial charge in [-0.15, -0.1) is 0 Å². The van der Waals surface area contributed by atoms with Gasteiger partial charge in [-0.1, -0.05) is 66.7 Å². The summed E-state index contributed by atoms with van der Waals surface area (Å²) in [6, 6.07) is 22.6. The van der Waals surface area contributed by atoms with E-state index in [1.807, 2.05) is 0 Å². The second kappa shape index (κ2) is 10.2. The quantitative estimate of drug-likeness (QED) is 0.588. The first-order valence-corrected chi connectivity index (χ1v) is 9.26. The van der Waals surface area contributed by atoms with Gasteiger partial charge in [0.25, 0.3) is 5.91 Å². The first-order chi connectivity index (χ1) is 14.5. The monoisotopic (exact) mass is 410 g/mol. The Morgan fingerprint density at radius 2 is 1.43 bits per heavy atom. The van der Waals surface area contributed by atoms with Gasteiger partial charge >= 0.3 is 6.61 Å². The molecule has 0 aliphatic carbocycles. The minimum atomic E-state index is -2.97. The van der Waals surface area contributed by atoms with Crippen molar-refractivity contribution in [1.29, 1.82) is 0 Å². The number of benzene rings is 3. The molecule has 0 aromatic heterocycles. The Bertz CT molecular complexity index is 982. The third-order valence-corrected chi connectivity index (χ3v) is 4.35. The van der Waals surface area contributed by atoms with Gasteiger partial charge in [0.1, 0.15) is 11.8 Å². The highest BCUT2D eigenvalue weighted by Crippen LogP contribution is 2.21. The maximum absolute atomic E-state index is 12.9. The lowest BCUT2D eigenvalue weighted by atomic mass is 10.0. The average molecular weight is 410 g/mol. The van der Waals surface area contributed by atoms with Crippen molar-refractivity contribution in [3.8, 4) is 5.75 Å². The first kappa shape index (κ1) is 21.0. The van der Waals surface area contributed by atoms with E-state index in [-0.39, 0.29) is 12.3 Å². The van der Waals surface area contributed by atoms with E-state index in [1.54, 1.807) is 78.9 Å². The third-order valence-electron chi connectivity index (χ3n) is 4.35. The molecular formula is C23H20F2N2O3. The molecule has 0 bridgehead atoms. The summed E-state index contributed by atoms with van der Waals surface area (Å²) in [7, 11) is 0. The predicted octanol–water partition coefficient (Wildman–Crippen LogP) is 4.08. The zero-order valence-electron chi connectivity index (χ0n) is 15.9. The summed E-state index contributed by atoms with van der Waals surface area (Å²) in [6.45, 7) is -3.00. The van der Waals surface area contributed by atoms with Crippen molar-refractivity contribution in [3.63, 3.8) is 0 Å². The van der Waals surface area contributed by atoms with Crippen molar-refractivity contribution in [2.75, 3.05) is 0 Å². The van der Waals surface area contributed by atoms with Crippen LogP contribution in [0, 0.1) is 0 Å². The van der Waals surface area contributed by atoms with Gasteiger partial charge in [-0.2, -0.15) is 8.78 Å². The van der Waals surface area contributed by atoms with E-state index in [0.717, 1.165) is 0 Å². The molecule has 2 N–H and O–H groups in total. The second-order valence-corrected chi connectivity index (χ2v) is 6.39. The summed E-state index contributed by atoms with van der Waals surface area (Å²) in [6.07, 6.45) is 0. The number of nitrogens with one attached hydrogen (secondary N) is 2. The molecule has 0 aliphatic heterocycles. The Kier molecular flexibility index (Phi) is 7.10. The number of ether oxygens (including phenoxy) is 1. The number of hydrogen-bond donors (Lipinski definition) is 2. The van der Waals surface area contributed by atoms with Gasteiger partial charge in [0, 0.05) is 17.7 Å². The van der Waals surface area contributed by atoms with Crippen molar-refractivity contribution in [2.45, 2.75) is 19.2 Å². The fourth-order valence-corrected chi connectivity index (χ4v) is 2.89. The number of rotatable bonds is 8. The van der Waals surface area contributed by atoms with Crippen LogP contribution in [-0.2, 0) is 11.3 Å². The maximum atomic E-state index is 12.9. The van der Waals surface area contributed by atoms with Crippen molar-refractivity contribution < 1.29 is 23.1 Å². The fourth-order valence-electron chi connectivity index (χ4n) is 2.89. The average Bonchev–Trinajstić information content (AvgIpc) is 2.77. The summed E-state index contributed by atoms with van der Waals surface area (Å²) in [5.41, 5.74) is 1.41. The van der Waals surface area contributed by atoms with Crippen LogP contribution >= 0.6 is 0 Å². The SMILES string of the molecule is O=C(NC(C(=O)NCc1ccccc1OC(F)F)c1ccccc1)c1ccccc1. The molecule has 3 aromatic carbocycles. The van der Waals surface area contributed by atoms with Crippen LogP contribution in [0.3, 0.4) is 0 Å². The Morgan fingerprint density at radius 3 is 2.10 bits per heavy atom. The molecule has 5 nitrogen and oxygen atoms in total. The molecule has 1 unspecified atom stereocenters. The molecule has 3 rings (SSSR count). The lowest BCUT2D eigenvalue weighted by Crippen LogP contribution is -2.40. The standard InChI is InChI=1S/C23H20F2N2O3/c24-23(25)30-19-14-8-7-13-18(19)15-26-22(29)20(16-9-3-1-4-10-16)27-21(28)17-11-5-2-6-12-17/h1-14,20,23H,15H2,(H,26,29)(H,27,28). The van der Waals surface area contributed by atoms with Crippen LogP contribution < -0.4 is 15.4 Å². The van der Waals surface area contributed by atoms with E-state index >= 15 is 0 Å². The van der Waals surface area contributed by atoms with E-state index in [1.165, 1.54) is 6.07 Å². The number of halogens is 2. The van der Waals surface area contributed by atoms with Crippen molar-refractivity contribution >= 4 is 11.8 Å². The molecular weight excluding hydrogens is 390 g/mol. The van der Waals surface area contributed by atoms with E-state index in [4.69, 9.17) is 0 Å². The molecule has 0 spiro atoms. The van der Waals surface area contributed by atoms with E-state index in [2.05, 4.69) is 15.4 Å². The van der Waals surface area contributed by atoms with E-state index < -0.39 is 24.5 Å². The van der Waals surface area contributed by atoms with Crippen LogP contribution in [0.2, 0.25) is 0 Å². The lowest BCUT2D eigenvalue weighted by Gasteiger charge is -2.19. The van der Waals surface area contributed by atoms with Gasteiger partial charge in [0.05, 0.1) is 0 Å².